The maximum absolute atomic E-state index is 11.0. The molecule has 0 spiro atoms. The van der Waals surface area contributed by atoms with Crippen molar-refractivity contribution in [2.24, 2.45) is 0 Å². The first-order valence-corrected chi connectivity index (χ1v) is 5.83. The van der Waals surface area contributed by atoms with E-state index in [0.717, 1.165) is 18.8 Å². The van der Waals surface area contributed by atoms with E-state index in [4.69, 9.17) is 0 Å². The standard InChI is InChI=1S/C12H20N4O2/c1-15(2)12-13-8-7-10(14-12)16(3)9-5-6-11(17)18-4/h7-8H,5-6,9H2,1-4H3. The third kappa shape index (κ3) is 4.20. The van der Waals surface area contributed by atoms with Gasteiger partial charge in [0.1, 0.15) is 5.82 Å². The van der Waals surface area contributed by atoms with Crippen LogP contribution in [0.4, 0.5) is 11.8 Å². The number of esters is 1. The summed E-state index contributed by atoms with van der Waals surface area (Å²) in [5, 5.41) is 0. The van der Waals surface area contributed by atoms with Crippen molar-refractivity contribution in [2.75, 3.05) is 44.6 Å². The summed E-state index contributed by atoms with van der Waals surface area (Å²) >= 11 is 0. The highest BCUT2D eigenvalue weighted by Gasteiger charge is 2.07. The molecule has 1 aromatic rings. The van der Waals surface area contributed by atoms with Crippen LogP contribution in [0.25, 0.3) is 0 Å². The first-order chi connectivity index (χ1) is 8.54. The van der Waals surface area contributed by atoms with Crippen LogP contribution in [0.1, 0.15) is 12.8 Å². The third-order valence-electron chi connectivity index (χ3n) is 2.52. The maximum Gasteiger partial charge on any atom is 0.305 e. The SMILES string of the molecule is COC(=O)CCCN(C)c1ccnc(N(C)C)n1. The van der Waals surface area contributed by atoms with E-state index in [1.807, 2.05) is 37.0 Å². The van der Waals surface area contributed by atoms with Crippen molar-refractivity contribution in [2.45, 2.75) is 12.8 Å². The van der Waals surface area contributed by atoms with Gasteiger partial charge in [-0.1, -0.05) is 0 Å². The monoisotopic (exact) mass is 252 g/mol. The van der Waals surface area contributed by atoms with E-state index >= 15 is 0 Å². The van der Waals surface area contributed by atoms with Crippen LogP contribution in [0, 0.1) is 0 Å². The predicted octanol–water partition coefficient (Wildman–Crippen LogP) is 0.932. The Hall–Kier alpha value is -1.85. The van der Waals surface area contributed by atoms with E-state index in [1.165, 1.54) is 7.11 Å². The Balaban J connectivity index is 2.53. The van der Waals surface area contributed by atoms with Gasteiger partial charge in [0.15, 0.2) is 0 Å². The lowest BCUT2D eigenvalue weighted by atomic mass is 10.3. The summed E-state index contributed by atoms with van der Waals surface area (Å²) in [6.45, 7) is 0.749. The van der Waals surface area contributed by atoms with Crippen molar-refractivity contribution in [1.82, 2.24) is 9.97 Å². The van der Waals surface area contributed by atoms with E-state index in [0.29, 0.717) is 12.4 Å². The zero-order valence-electron chi connectivity index (χ0n) is 11.4. The number of carbonyl (C=O) groups is 1. The third-order valence-corrected chi connectivity index (χ3v) is 2.52. The van der Waals surface area contributed by atoms with Gasteiger partial charge in [-0.3, -0.25) is 4.79 Å². The molecule has 0 atom stereocenters. The van der Waals surface area contributed by atoms with Gasteiger partial charge in [0.2, 0.25) is 5.95 Å². The number of hydrogen-bond donors (Lipinski definition) is 0. The van der Waals surface area contributed by atoms with Crippen LogP contribution in [-0.4, -0.2) is 50.7 Å². The molecule has 6 heteroatoms. The highest BCUT2D eigenvalue weighted by molar-refractivity contribution is 5.69. The average molecular weight is 252 g/mol. The second-order valence-electron chi connectivity index (χ2n) is 4.21. The molecule has 1 rings (SSSR count). The van der Waals surface area contributed by atoms with Crippen LogP contribution in [-0.2, 0) is 9.53 Å². The fourth-order valence-corrected chi connectivity index (χ4v) is 1.44. The summed E-state index contributed by atoms with van der Waals surface area (Å²) in [7, 11) is 7.14. The summed E-state index contributed by atoms with van der Waals surface area (Å²) in [5.41, 5.74) is 0. The van der Waals surface area contributed by atoms with Crippen molar-refractivity contribution < 1.29 is 9.53 Å². The molecular weight excluding hydrogens is 232 g/mol. The molecule has 0 aliphatic heterocycles. The summed E-state index contributed by atoms with van der Waals surface area (Å²) in [6, 6.07) is 1.85. The van der Waals surface area contributed by atoms with Gasteiger partial charge in [-0.2, -0.15) is 4.98 Å². The van der Waals surface area contributed by atoms with Crippen molar-refractivity contribution >= 4 is 17.7 Å². The van der Waals surface area contributed by atoms with Crippen LogP contribution < -0.4 is 9.80 Å². The normalized spacial score (nSPS) is 10.0. The fraction of sp³-hybridized carbons (Fsp3) is 0.583. The number of rotatable bonds is 6. The van der Waals surface area contributed by atoms with Gasteiger partial charge in [-0.25, -0.2) is 4.98 Å². The predicted molar refractivity (Wildman–Crippen MR) is 70.9 cm³/mol. The number of nitrogens with zero attached hydrogens (tertiary/aromatic N) is 4. The Labute approximate surface area is 108 Å². The molecule has 18 heavy (non-hydrogen) atoms. The molecule has 0 saturated heterocycles. The Morgan fingerprint density at radius 3 is 2.72 bits per heavy atom. The molecule has 0 radical (unpaired) electrons. The second-order valence-corrected chi connectivity index (χ2v) is 4.21. The number of carbonyl (C=O) groups excluding carboxylic acids is 1. The minimum atomic E-state index is -0.180. The van der Waals surface area contributed by atoms with Gasteiger partial charge in [0.05, 0.1) is 7.11 Å². The Morgan fingerprint density at radius 1 is 1.39 bits per heavy atom. The molecule has 1 aromatic heterocycles. The topological polar surface area (TPSA) is 58.6 Å². The van der Waals surface area contributed by atoms with Gasteiger partial charge in [0, 0.05) is 40.3 Å². The van der Waals surface area contributed by atoms with Gasteiger partial charge in [-0.05, 0) is 12.5 Å². The molecule has 6 nitrogen and oxygen atoms in total. The number of hydrogen-bond acceptors (Lipinski definition) is 6. The first kappa shape index (κ1) is 14.2. The lowest BCUT2D eigenvalue weighted by Gasteiger charge is -2.19. The van der Waals surface area contributed by atoms with Crippen molar-refractivity contribution in [1.29, 1.82) is 0 Å². The molecule has 0 aliphatic rings. The average Bonchev–Trinajstić information content (AvgIpc) is 2.38. The fourth-order valence-electron chi connectivity index (χ4n) is 1.44. The van der Waals surface area contributed by atoms with E-state index in [-0.39, 0.29) is 5.97 Å². The summed E-state index contributed by atoms with van der Waals surface area (Å²) in [4.78, 5) is 23.4. The van der Waals surface area contributed by atoms with Crippen LogP contribution in [0.2, 0.25) is 0 Å². The molecule has 0 aliphatic carbocycles. The first-order valence-electron chi connectivity index (χ1n) is 5.83. The van der Waals surface area contributed by atoms with Gasteiger partial charge >= 0.3 is 5.97 Å². The minimum absolute atomic E-state index is 0.180. The quantitative estimate of drug-likeness (QED) is 0.702. The van der Waals surface area contributed by atoms with Crippen LogP contribution in [0.15, 0.2) is 12.3 Å². The van der Waals surface area contributed by atoms with E-state index in [1.54, 1.807) is 6.20 Å². The Morgan fingerprint density at radius 2 is 2.11 bits per heavy atom. The molecule has 0 unspecified atom stereocenters. The summed E-state index contributed by atoms with van der Waals surface area (Å²) in [6.07, 6.45) is 2.89. The molecule has 100 valence electrons. The Bertz CT molecular complexity index is 395. The van der Waals surface area contributed by atoms with Gasteiger partial charge in [-0.15, -0.1) is 0 Å². The van der Waals surface area contributed by atoms with Gasteiger partial charge in [0.25, 0.3) is 0 Å². The van der Waals surface area contributed by atoms with Gasteiger partial charge < -0.3 is 14.5 Å². The lowest BCUT2D eigenvalue weighted by Crippen LogP contribution is -2.22. The molecule has 0 fully saturated rings. The molecule has 0 N–H and O–H groups in total. The molecule has 0 saturated carbocycles. The van der Waals surface area contributed by atoms with Crippen LogP contribution >= 0.6 is 0 Å². The number of ether oxygens (including phenoxy) is 1. The maximum atomic E-state index is 11.0. The zero-order chi connectivity index (χ0) is 13.5. The highest BCUT2D eigenvalue weighted by Crippen LogP contribution is 2.12. The largest absolute Gasteiger partial charge is 0.469 e. The van der Waals surface area contributed by atoms with Crippen molar-refractivity contribution in [3.05, 3.63) is 12.3 Å². The summed E-state index contributed by atoms with van der Waals surface area (Å²) < 4.78 is 4.60. The molecular formula is C12H20N4O2. The van der Waals surface area contributed by atoms with E-state index in [9.17, 15) is 4.79 Å². The number of aromatic nitrogens is 2. The molecule has 0 aromatic carbocycles. The number of anilines is 2. The highest BCUT2D eigenvalue weighted by atomic mass is 16.5. The minimum Gasteiger partial charge on any atom is -0.469 e. The summed E-state index contributed by atoms with van der Waals surface area (Å²) in [5.74, 6) is 1.34. The van der Waals surface area contributed by atoms with E-state index in [2.05, 4.69) is 14.7 Å². The van der Waals surface area contributed by atoms with Crippen molar-refractivity contribution in [3.63, 3.8) is 0 Å². The smallest absolute Gasteiger partial charge is 0.305 e. The van der Waals surface area contributed by atoms with E-state index < -0.39 is 0 Å². The lowest BCUT2D eigenvalue weighted by molar-refractivity contribution is -0.140. The van der Waals surface area contributed by atoms with Crippen LogP contribution in [0.5, 0.6) is 0 Å². The Kier molecular flexibility index (Phi) is 5.35. The zero-order valence-corrected chi connectivity index (χ0v) is 11.4. The number of methoxy groups -OCH3 is 1. The van der Waals surface area contributed by atoms with Crippen molar-refractivity contribution in [3.8, 4) is 0 Å². The van der Waals surface area contributed by atoms with Crippen LogP contribution in [0.3, 0.4) is 0 Å². The molecule has 1 heterocycles. The second kappa shape index (κ2) is 6.78. The molecule has 0 bridgehead atoms. The molecule has 0 amide bonds.